The molecule has 1 aliphatic rings. The Hall–Kier alpha value is -2.34. The van der Waals surface area contributed by atoms with Gasteiger partial charge < -0.3 is 14.8 Å². The summed E-state index contributed by atoms with van der Waals surface area (Å²) < 4.78 is 13.1. The van der Waals surface area contributed by atoms with E-state index in [-0.39, 0.29) is 5.91 Å². The molecule has 0 unspecified atom stereocenters. The SMILES string of the molecule is O=C(NCCOCCn1cccn1)[C@H]1CCc2ccccc2O1. The average Bonchev–Trinajstić information content (AvgIpc) is 3.10. The van der Waals surface area contributed by atoms with Crippen LogP contribution in [0.25, 0.3) is 0 Å². The number of para-hydroxylation sites is 1. The van der Waals surface area contributed by atoms with Gasteiger partial charge in [-0.3, -0.25) is 9.48 Å². The van der Waals surface area contributed by atoms with Crippen LogP contribution in [0.2, 0.25) is 0 Å². The molecule has 1 amide bonds. The highest BCUT2D eigenvalue weighted by molar-refractivity contribution is 5.81. The molecule has 6 nitrogen and oxygen atoms in total. The van der Waals surface area contributed by atoms with Crippen LogP contribution in [0.3, 0.4) is 0 Å². The number of carbonyl (C=O) groups is 1. The van der Waals surface area contributed by atoms with E-state index in [1.165, 1.54) is 5.56 Å². The van der Waals surface area contributed by atoms with Crippen LogP contribution < -0.4 is 10.1 Å². The van der Waals surface area contributed by atoms with Gasteiger partial charge in [-0.1, -0.05) is 18.2 Å². The molecule has 2 aromatic rings. The Labute approximate surface area is 135 Å². The molecule has 0 aliphatic carbocycles. The molecule has 0 spiro atoms. The highest BCUT2D eigenvalue weighted by Gasteiger charge is 2.25. The quantitative estimate of drug-likeness (QED) is 0.785. The van der Waals surface area contributed by atoms with Crippen molar-refractivity contribution >= 4 is 5.91 Å². The van der Waals surface area contributed by atoms with Crippen LogP contribution in [0, 0.1) is 0 Å². The molecule has 122 valence electrons. The van der Waals surface area contributed by atoms with E-state index >= 15 is 0 Å². The molecule has 1 N–H and O–H groups in total. The molecule has 1 aliphatic heterocycles. The van der Waals surface area contributed by atoms with Crippen LogP contribution in [0.4, 0.5) is 0 Å². The molecular formula is C17H21N3O3. The van der Waals surface area contributed by atoms with Gasteiger partial charge in [0.2, 0.25) is 0 Å². The summed E-state index contributed by atoms with van der Waals surface area (Å²) in [6, 6.07) is 9.74. The lowest BCUT2D eigenvalue weighted by Gasteiger charge is -2.25. The molecule has 0 saturated carbocycles. The maximum absolute atomic E-state index is 12.1. The van der Waals surface area contributed by atoms with Crippen molar-refractivity contribution in [2.45, 2.75) is 25.5 Å². The second-order valence-corrected chi connectivity index (χ2v) is 5.43. The van der Waals surface area contributed by atoms with Crippen molar-refractivity contribution < 1.29 is 14.3 Å². The Morgan fingerprint density at radius 3 is 3.13 bits per heavy atom. The lowest BCUT2D eigenvalue weighted by molar-refractivity contribution is -0.128. The standard InChI is InChI=1S/C17H21N3O3/c21-17(16-7-6-14-4-1-2-5-15(14)23-16)18-9-12-22-13-11-20-10-3-8-19-20/h1-5,8,10,16H,6-7,9,11-13H2,(H,18,21)/t16-/m1/s1. The summed E-state index contributed by atoms with van der Waals surface area (Å²) in [5.74, 6) is 0.740. The van der Waals surface area contributed by atoms with Crippen molar-refractivity contribution in [3.63, 3.8) is 0 Å². The first-order chi connectivity index (χ1) is 11.3. The fourth-order valence-electron chi connectivity index (χ4n) is 2.56. The fraction of sp³-hybridized carbons (Fsp3) is 0.412. The van der Waals surface area contributed by atoms with E-state index in [1.807, 2.05) is 41.2 Å². The number of nitrogens with zero attached hydrogens (tertiary/aromatic N) is 2. The number of amides is 1. The van der Waals surface area contributed by atoms with Gasteiger partial charge in [0.25, 0.3) is 5.91 Å². The summed E-state index contributed by atoms with van der Waals surface area (Å²) >= 11 is 0. The van der Waals surface area contributed by atoms with Gasteiger partial charge in [0.15, 0.2) is 6.10 Å². The van der Waals surface area contributed by atoms with E-state index in [0.29, 0.717) is 32.7 Å². The summed E-state index contributed by atoms with van der Waals surface area (Å²) in [5, 5.41) is 6.96. The number of aryl methyl sites for hydroxylation is 1. The van der Waals surface area contributed by atoms with Crippen LogP contribution in [-0.4, -0.2) is 41.6 Å². The molecule has 0 saturated heterocycles. The summed E-state index contributed by atoms with van der Waals surface area (Å²) in [6.45, 7) is 2.25. The third kappa shape index (κ3) is 4.32. The number of hydrogen-bond donors (Lipinski definition) is 1. The summed E-state index contributed by atoms with van der Waals surface area (Å²) in [7, 11) is 0. The molecule has 1 atom stereocenters. The van der Waals surface area contributed by atoms with E-state index in [0.717, 1.165) is 12.2 Å². The van der Waals surface area contributed by atoms with Gasteiger partial charge in [-0.05, 0) is 30.5 Å². The summed E-state index contributed by atoms with van der Waals surface area (Å²) in [5.41, 5.74) is 1.17. The lowest BCUT2D eigenvalue weighted by atomic mass is 10.0. The third-order valence-corrected chi connectivity index (χ3v) is 3.78. The monoisotopic (exact) mass is 315 g/mol. The number of fused-ring (bicyclic) bond motifs is 1. The Bertz CT molecular complexity index is 628. The lowest BCUT2D eigenvalue weighted by Crippen LogP contribution is -2.41. The van der Waals surface area contributed by atoms with Crippen molar-refractivity contribution in [1.29, 1.82) is 0 Å². The van der Waals surface area contributed by atoms with E-state index in [1.54, 1.807) is 6.20 Å². The van der Waals surface area contributed by atoms with Crippen LogP contribution >= 0.6 is 0 Å². The Balaban J connectivity index is 1.32. The second kappa shape index (κ2) is 7.78. The third-order valence-electron chi connectivity index (χ3n) is 3.78. The Kier molecular flexibility index (Phi) is 5.26. The summed E-state index contributed by atoms with van der Waals surface area (Å²) in [6.07, 6.45) is 4.80. The maximum atomic E-state index is 12.1. The molecule has 3 rings (SSSR count). The van der Waals surface area contributed by atoms with E-state index in [9.17, 15) is 4.79 Å². The largest absolute Gasteiger partial charge is 0.480 e. The molecule has 0 radical (unpaired) electrons. The van der Waals surface area contributed by atoms with Crippen LogP contribution in [0.5, 0.6) is 5.75 Å². The van der Waals surface area contributed by atoms with Gasteiger partial charge in [0.05, 0.1) is 19.8 Å². The molecular weight excluding hydrogens is 294 g/mol. The van der Waals surface area contributed by atoms with Crippen molar-refractivity contribution in [3.8, 4) is 5.75 Å². The van der Waals surface area contributed by atoms with Gasteiger partial charge in [-0.15, -0.1) is 0 Å². The molecule has 6 heteroatoms. The first kappa shape index (κ1) is 15.6. The molecule has 1 aromatic heterocycles. The normalized spacial score (nSPS) is 16.4. The van der Waals surface area contributed by atoms with Crippen LogP contribution in [0.1, 0.15) is 12.0 Å². The first-order valence-electron chi connectivity index (χ1n) is 7.90. The molecule has 2 heterocycles. The smallest absolute Gasteiger partial charge is 0.261 e. The Morgan fingerprint density at radius 1 is 1.35 bits per heavy atom. The Morgan fingerprint density at radius 2 is 2.26 bits per heavy atom. The van der Waals surface area contributed by atoms with Gasteiger partial charge in [-0.2, -0.15) is 5.10 Å². The number of aromatic nitrogens is 2. The van der Waals surface area contributed by atoms with Crippen LogP contribution in [-0.2, 0) is 22.5 Å². The van der Waals surface area contributed by atoms with Gasteiger partial charge in [0.1, 0.15) is 5.75 Å². The van der Waals surface area contributed by atoms with Crippen molar-refractivity contribution in [1.82, 2.24) is 15.1 Å². The number of benzene rings is 1. The fourth-order valence-corrected chi connectivity index (χ4v) is 2.56. The van der Waals surface area contributed by atoms with E-state index in [2.05, 4.69) is 10.4 Å². The zero-order chi connectivity index (χ0) is 15.9. The highest BCUT2D eigenvalue weighted by Crippen LogP contribution is 2.26. The zero-order valence-electron chi connectivity index (χ0n) is 13.0. The highest BCUT2D eigenvalue weighted by atomic mass is 16.5. The van der Waals surface area contributed by atoms with Gasteiger partial charge >= 0.3 is 0 Å². The number of ether oxygens (including phenoxy) is 2. The second-order valence-electron chi connectivity index (χ2n) is 5.43. The van der Waals surface area contributed by atoms with Gasteiger partial charge in [-0.25, -0.2) is 0 Å². The first-order valence-corrected chi connectivity index (χ1v) is 7.90. The summed E-state index contributed by atoms with van der Waals surface area (Å²) in [4.78, 5) is 12.1. The molecule has 0 bridgehead atoms. The minimum atomic E-state index is -0.408. The maximum Gasteiger partial charge on any atom is 0.261 e. The molecule has 1 aromatic carbocycles. The minimum absolute atomic E-state index is 0.0739. The van der Waals surface area contributed by atoms with Crippen molar-refractivity contribution in [2.75, 3.05) is 19.8 Å². The molecule has 0 fully saturated rings. The minimum Gasteiger partial charge on any atom is -0.480 e. The number of nitrogens with one attached hydrogen (secondary N) is 1. The number of rotatable bonds is 7. The van der Waals surface area contributed by atoms with E-state index in [4.69, 9.17) is 9.47 Å². The average molecular weight is 315 g/mol. The van der Waals surface area contributed by atoms with Crippen molar-refractivity contribution in [2.24, 2.45) is 0 Å². The van der Waals surface area contributed by atoms with Crippen molar-refractivity contribution in [3.05, 3.63) is 48.3 Å². The molecule has 23 heavy (non-hydrogen) atoms. The zero-order valence-corrected chi connectivity index (χ0v) is 13.0. The van der Waals surface area contributed by atoms with E-state index < -0.39 is 6.10 Å². The predicted octanol–water partition coefficient (Wildman–Crippen LogP) is 1.41. The predicted molar refractivity (Wildman–Crippen MR) is 85.2 cm³/mol. The topological polar surface area (TPSA) is 65.4 Å². The number of carbonyl (C=O) groups excluding carboxylic acids is 1. The van der Waals surface area contributed by atoms with Gasteiger partial charge in [0, 0.05) is 18.9 Å². The van der Waals surface area contributed by atoms with Crippen LogP contribution in [0.15, 0.2) is 42.7 Å². The number of hydrogen-bond acceptors (Lipinski definition) is 4.